The Morgan fingerprint density at radius 1 is 1.11 bits per heavy atom. The van der Waals surface area contributed by atoms with Gasteiger partial charge in [0.15, 0.2) is 0 Å². The fraction of sp³-hybridized carbons (Fsp3) is 0.300. The van der Waals surface area contributed by atoms with E-state index in [2.05, 4.69) is 15.3 Å². The standard InChI is InChI=1S/C20H22N4O.2ClH/c21-18(13-3-1-2-4-13)14-5-7-15(8-6-14)20(25)24-17-10-12-23-19-16(17)9-11-22-19;;/h5-13,18H,1-4,21H2,(H2,22,23,24,25);2*1H. The Hall–Kier alpha value is -2.08. The minimum absolute atomic E-state index is 0. The molecule has 2 aromatic heterocycles. The summed E-state index contributed by atoms with van der Waals surface area (Å²) in [6.07, 6.45) is 8.46. The Bertz CT molecular complexity index is 888. The van der Waals surface area contributed by atoms with Crippen molar-refractivity contribution in [1.29, 1.82) is 0 Å². The molecule has 1 fully saturated rings. The van der Waals surface area contributed by atoms with Gasteiger partial charge in [0.25, 0.3) is 5.91 Å². The van der Waals surface area contributed by atoms with Gasteiger partial charge in [-0.25, -0.2) is 4.98 Å². The van der Waals surface area contributed by atoms with Crippen LogP contribution in [0.4, 0.5) is 5.69 Å². The van der Waals surface area contributed by atoms with E-state index >= 15 is 0 Å². The zero-order chi connectivity index (χ0) is 17.2. The first-order chi connectivity index (χ1) is 12.2. The molecular weight excluding hydrogens is 383 g/mol. The Kier molecular flexibility index (Phi) is 7.25. The largest absolute Gasteiger partial charge is 0.346 e. The van der Waals surface area contributed by atoms with Crippen molar-refractivity contribution in [1.82, 2.24) is 9.97 Å². The van der Waals surface area contributed by atoms with Gasteiger partial charge >= 0.3 is 0 Å². The van der Waals surface area contributed by atoms with Crippen molar-refractivity contribution >= 4 is 47.4 Å². The summed E-state index contributed by atoms with van der Waals surface area (Å²) in [5.41, 5.74) is 9.64. The maximum Gasteiger partial charge on any atom is 0.255 e. The zero-order valence-corrected chi connectivity index (χ0v) is 16.5. The Balaban J connectivity index is 0.00000131. The van der Waals surface area contributed by atoms with Gasteiger partial charge in [0.2, 0.25) is 0 Å². The number of amides is 1. The first-order valence-electron chi connectivity index (χ1n) is 8.81. The molecule has 1 aliphatic carbocycles. The molecule has 1 amide bonds. The normalized spacial score (nSPS) is 15.0. The molecule has 1 atom stereocenters. The van der Waals surface area contributed by atoms with Crippen LogP contribution < -0.4 is 11.1 Å². The molecule has 3 aromatic rings. The SMILES string of the molecule is Cl.Cl.NC(c1ccc(C(=O)Nc2ccnc3[nH]ccc23)cc1)C1CCCC1. The zero-order valence-electron chi connectivity index (χ0n) is 14.9. The Morgan fingerprint density at radius 3 is 2.52 bits per heavy atom. The predicted molar refractivity (Wildman–Crippen MR) is 114 cm³/mol. The molecule has 1 aromatic carbocycles. The van der Waals surface area contributed by atoms with E-state index in [0.29, 0.717) is 11.5 Å². The van der Waals surface area contributed by atoms with E-state index < -0.39 is 0 Å². The maximum absolute atomic E-state index is 12.5. The lowest BCUT2D eigenvalue weighted by Gasteiger charge is -2.19. The molecule has 7 heteroatoms. The van der Waals surface area contributed by atoms with Crippen molar-refractivity contribution in [3.8, 4) is 0 Å². The number of carbonyl (C=O) groups excluding carboxylic acids is 1. The van der Waals surface area contributed by atoms with Gasteiger partial charge in [-0.3, -0.25) is 4.79 Å². The van der Waals surface area contributed by atoms with Gasteiger partial charge in [-0.05, 0) is 48.6 Å². The van der Waals surface area contributed by atoms with Gasteiger partial charge in [-0.1, -0.05) is 25.0 Å². The van der Waals surface area contributed by atoms with Crippen molar-refractivity contribution < 1.29 is 4.79 Å². The highest BCUT2D eigenvalue weighted by Crippen LogP contribution is 2.34. The number of anilines is 1. The van der Waals surface area contributed by atoms with Crippen LogP contribution in [0.15, 0.2) is 48.8 Å². The van der Waals surface area contributed by atoms with Crippen LogP contribution in [0.1, 0.15) is 47.6 Å². The number of nitrogens with two attached hydrogens (primary N) is 1. The minimum atomic E-state index is -0.130. The molecular formula is C20H24Cl2N4O. The van der Waals surface area contributed by atoms with E-state index in [1.54, 1.807) is 12.3 Å². The number of hydrogen-bond acceptors (Lipinski definition) is 3. The molecule has 0 radical (unpaired) electrons. The van der Waals surface area contributed by atoms with Crippen LogP contribution in [0.2, 0.25) is 0 Å². The van der Waals surface area contributed by atoms with Crippen molar-refractivity contribution in [2.45, 2.75) is 31.7 Å². The molecule has 1 saturated carbocycles. The number of rotatable bonds is 4. The first-order valence-corrected chi connectivity index (χ1v) is 8.81. The van der Waals surface area contributed by atoms with Crippen LogP contribution >= 0.6 is 24.8 Å². The summed E-state index contributed by atoms with van der Waals surface area (Å²) < 4.78 is 0. The summed E-state index contributed by atoms with van der Waals surface area (Å²) in [5, 5.41) is 3.86. The number of carbonyl (C=O) groups is 1. The highest BCUT2D eigenvalue weighted by molar-refractivity contribution is 6.08. The van der Waals surface area contributed by atoms with E-state index in [0.717, 1.165) is 22.3 Å². The average molecular weight is 407 g/mol. The molecule has 0 saturated heterocycles. The lowest BCUT2D eigenvalue weighted by atomic mass is 9.92. The van der Waals surface area contributed by atoms with Gasteiger partial charge in [-0.15, -0.1) is 24.8 Å². The monoisotopic (exact) mass is 406 g/mol. The summed E-state index contributed by atoms with van der Waals surface area (Å²) in [7, 11) is 0. The maximum atomic E-state index is 12.5. The number of aromatic amines is 1. The molecule has 27 heavy (non-hydrogen) atoms. The lowest BCUT2D eigenvalue weighted by molar-refractivity contribution is 0.102. The fourth-order valence-corrected chi connectivity index (χ4v) is 3.71. The third-order valence-corrected chi connectivity index (χ3v) is 5.17. The quantitative estimate of drug-likeness (QED) is 0.578. The molecule has 5 nitrogen and oxygen atoms in total. The lowest BCUT2D eigenvalue weighted by Crippen LogP contribution is -2.19. The van der Waals surface area contributed by atoms with Gasteiger partial charge in [0.05, 0.1) is 5.69 Å². The first kappa shape index (κ1) is 21.2. The van der Waals surface area contributed by atoms with Gasteiger partial charge in [0, 0.05) is 29.4 Å². The van der Waals surface area contributed by atoms with Gasteiger partial charge in [0.1, 0.15) is 5.65 Å². The number of H-pyrrole nitrogens is 1. The Labute approximate surface area is 171 Å². The Morgan fingerprint density at radius 2 is 1.81 bits per heavy atom. The topological polar surface area (TPSA) is 83.8 Å². The summed E-state index contributed by atoms with van der Waals surface area (Å²) in [6, 6.07) is 11.5. The van der Waals surface area contributed by atoms with E-state index in [4.69, 9.17) is 5.73 Å². The second kappa shape index (κ2) is 9.22. The van der Waals surface area contributed by atoms with Crippen LogP contribution in [0.25, 0.3) is 11.0 Å². The van der Waals surface area contributed by atoms with E-state index in [-0.39, 0.29) is 36.8 Å². The smallest absolute Gasteiger partial charge is 0.255 e. The summed E-state index contributed by atoms with van der Waals surface area (Å²) >= 11 is 0. The van der Waals surface area contributed by atoms with Crippen molar-refractivity contribution in [3.63, 3.8) is 0 Å². The van der Waals surface area contributed by atoms with E-state index in [9.17, 15) is 4.79 Å². The second-order valence-corrected chi connectivity index (χ2v) is 6.74. The number of halogens is 2. The molecule has 0 bridgehead atoms. The molecule has 4 rings (SSSR count). The molecule has 144 valence electrons. The molecule has 2 heterocycles. The highest BCUT2D eigenvalue weighted by Gasteiger charge is 2.23. The summed E-state index contributed by atoms with van der Waals surface area (Å²) in [4.78, 5) is 19.8. The summed E-state index contributed by atoms with van der Waals surface area (Å²) in [6.45, 7) is 0. The van der Waals surface area contributed by atoms with Crippen LogP contribution in [0.5, 0.6) is 0 Å². The number of nitrogens with one attached hydrogen (secondary N) is 2. The molecule has 1 aliphatic rings. The van der Waals surface area contributed by atoms with Crippen LogP contribution in [0, 0.1) is 5.92 Å². The molecule has 1 unspecified atom stereocenters. The number of hydrogen-bond donors (Lipinski definition) is 3. The van der Waals surface area contributed by atoms with Crippen molar-refractivity contribution in [2.24, 2.45) is 11.7 Å². The van der Waals surface area contributed by atoms with Gasteiger partial charge < -0.3 is 16.0 Å². The van der Waals surface area contributed by atoms with Crippen LogP contribution in [-0.2, 0) is 0 Å². The molecule has 0 aliphatic heterocycles. The predicted octanol–water partition coefficient (Wildman–Crippen LogP) is 4.85. The third-order valence-electron chi connectivity index (χ3n) is 5.17. The molecule has 4 N–H and O–H groups in total. The van der Waals surface area contributed by atoms with E-state index in [1.165, 1.54) is 25.7 Å². The number of pyridine rings is 1. The van der Waals surface area contributed by atoms with Crippen LogP contribution in [-0.4, -0.2) is 15.9 Å². The van der Waals surface area contributed by atoms with Gasteiger partial charge in [-0.2, -0.15) is 0 Å². The van der Waals surface area contributed by atoms with E-state index in [1.807, 2.05) is 36.5 Å². The number of nitrogens with zero attached hydrogens (tertiary/aromatic N) is 1. The molecule has 0 spiro atoms. The average Bonchev–Trinajstić information content (AvgIpc) is 3.33. The van der Waals surface area contributed by atoms with Crippen molar-refractivity contribution in [3.05, 3.63) is 59.9 Å². The summed E-state index contributed by atoms with van der Waals surface area (Å²) in [5.74, 6) is 0.438. The van der Waals surface area contributed by atoms with Crippen LogP contribution in [0.3, 0.4) is 0 Å². The minimum Gasteiger partial charge on any atom is -0.346 e. The highest BCUT2D eigenvalue weighted by atomic mass is 35.5. The second-order valence-electron chi connectivity index (χ2n) is 6.74. The number of aromatic nitrogens is 2. The van der Waals surface area contributed by atoms with Crippen molar-refractivity contribution in [2.75, 3.05) is 5.32 Å². The fourth-order valence-electron chi connectivity index (χ4n) is 3.71. The number of benzene rings is 1. The third kappa shape index (κ3) is 4.43. The number of fused-ring (bicyclic) bond motifs is 1.